The predicted molar refractivity (Wildman–Crippen MR) is 105 cm³/mol. The second kappa shape index (κ2) is 7.14. The molecule has 0 amide bonds. The number of pyridine rings is 1. The van der Waals surface area contributed by atoms with E-state index in [0.717, 1.165) is 16.7 Å². The van der Waals surface area contributed by atoms with E-state index < -0.39 is 5.82 Å². The van der Waals surface area contributed by atoms with Crippen LogP contribution in [0.2, 0.25) is 5.02 Å². The van der Waals surface area contributed by atoms with Gasteiger partial charge in [-0.25, -0.2) is 14.4 Å². The lowest BCUT2D eigenvalue weighted by Crippen LogP contribution is -2.15. The van der Waals surface area contributed by atoms with Gasteiger partial charge in [-0.1, -0.05) is 29.8 Å². The quantitative estimate of drug-likeness (QED) is 0.397. The van der Waals surface area contributed by atoms with Crippen molar-refractivity contribution in [2.75, 3.05) is 5.73 Å². The molecule has 0 unspecified atom stereocenters. The van der Waals surface area contributed by atoms with Gasteiger partial charge in [-0.2, -0.15) is 0 Å². The summed E-state index contributed by atoms with van der Waals surface area (Å²) in [4.78, 5) is 9.00. The molecule has 6 heteroatoms. The Balaban J connectivity index is 2.13. The third kappa shape index (κ3) is 3.53. The van der Waals surface area contributed by atoms with Crippen molar-refractivity contribution < 1.29 is 4.39 Å². The molecule has 2 aromatic carbocycles. The number of nitrogens with zero attached hydrogens (tertiary/aromatic N) is 2. The van der Waals surface area contributed by atoms with Gasteiger partial charge in [-0.15, -0.1) is 0 Å². The van der Waals surface area contributed by atoms with Gasteiger partial charge in [-0.05, 0) is 55.3 Å². The van der Waals surface area contributed by atoms with Crippen LogP contribution in [0.3, 0.4) is 0 Å². The zero-order valence-electron chi connectivity index (χ0n) is 14.4. The minimum absolute atomic E-state index is 0.105. The molecule has 0 fully saturated rings. The summed E-state index contributed by atoms with van der Waals surface area (Å²) in [6.45, 7) is 3.86. The van der Waals surface area contributed by atoms with Gasteiger partial charge >= 0.3 is 0 Å². The molecule has 3 aromatic rings. The largest absolute Gasteiger partial charge is 0.398 e. The lowest BCUT2D eigenvalue weighted by molar-refractivity contribution is 0.627. The molecule has 132 valence electrons. The van der Waals surface area contributed by atoms with Crippen molar-refractivity contribution in [3.05, 3.63) is 76.1 Å². The van der Waals surface area contributed by atoms with Gasteiger partial charge in [-0.3, -0.25) is 0 Å². The molecule has 0 spiro atoms. The first kappa shape index (κ1) is 17.9. The highest BCUT2D eigenvalue weighted by molar-refractivity contribution is 6.33. The van der Waals surface area contributed by atoms with Crippen LogP contribution in [-0.4, -0.2) is 10.8 Å². The molecule has 26 heavy (non-hydrogen) atoms. The molecule has 0 saturated carbocycles. The molecule has 0 saturated heterocycles. The summed E-state index contributed by atoms with van der Waals surface area (Å²) in [5, 5.41) is 0.598. The molecule has 1 heterocycles. The molecule has 0 radical (unpaired) electrons. The number of hydrogen-bond acceptors (Lipinski definition) is 3. The number of nitrogens with two attached hydrogens (primary N) is 2. The Labute approximate surface area is 156 Å². The standard InChI is InChI=1S/C20H18ClFN4/c1-11-9-18(14-5-3-4-6-16(14)21)25-20(12(11)2)26-19(24)15-10-13(22)7-8-17(15)23/h3-10H,23H2,1-2H3,(H2,24,25,26). The Morgan fingerprint density at radius 3 is 2.58 bits per heavy atom. The third-order valence-corrected chi connectivity index (χ3v) is 4.50. The van der Waals surface area contributed by atoms with Crippen LogP contribution < -0.4 is 11.5 Å². The number of aryl methyl sites for hydroxylation is 1. The van der Waals surface area contributed by atoms with Crippen molar-refractivity contribution in [3.63, 3.8) is 0 Å². The maximum Gasteiger partial charge on any atom is 0.158 e. The first-order valence-corrected chi connectivity index (χ1v) is 8.37. The van der Waals surface area contributed by atoms with E-state index in [0.29, 0.717) is 27.8 Å². The van der Waals surface area contributed by atoms with E-state index in [4.69, 9.17) is 23.1 Å². The van der Waals surface area contributed by atoms with Crippen LogP contribution in [0.15, 0.2) is 53.5 Å². The molecule has 1 aromatic heterocycles. The molecule has 0 bridgehead atoms. The Hall–Kier alpha value is -2.92. The second-order valence-electron chi connectivity index (χ2n) is 5.98. The normalized spacial score (nSPS) is 11.6. The molecule has 0 aliphatic carbocycles. The van der Waals surface area contributed by atoms with Crippen molar-refractivity contribution >= 4 is 28.9 Å². The van der Waals surface area contributed by atoms with Crippen LogP contribution in [-0.2, 0) is 0 Å². The maximum atomic E-state index is 13.5. The topological polar surface area (TPSA) is 77.3 Å². The minimum Gasteiger partial charge on any atom is -0.398 e. The van der Waals surface area contributed by atoms with Gasteiger partial charge in [0.1, 0.15) is 11.7 Å². The molecule has 4 nitrogen and oxygen atoms in total. The predicted octanol–water partition coefficient (Wildman–Crippen LogP) is 4.78. The van der Waals surface area contributed by atoms with Crippen LogP contribution in [0, 0.1) is 19.7 Å². The summed E-state index contributed by atoms with van der Waals surface area (Å²) < 4.78 is 13.5. The van der Waals surface area contributed by atoms with Crippen molar-refractivity contribution in [2.24, 2.45) is 10.7 Å². The summed E-state index contributed by atoms with van der Waals surface area (Å²) in [5.41, 5.74) is 16.0. The Morgan fingerprint density at radius 2 is 1.85 bits per heavy atom. The number of aromatic nitrogens is 1. The Morgan fingerprint density at radius 1 is 1.12 bits per heavy atom. The first-order chi connectivity index (χ1) is 12.4. The van der Waals surface area contributed by atoms with Crippen molar-refractivity contribution in [3.8, 4) is 11.3 Å². The van der Waals surface area contributed by atoms with E-state index in [1.54, 1.807) is 6.07 Å². The van der Waals surface area contributed by atoms with Gasteiger partial charge < -0.3 is 11.5 Å². The molecule has 4 N–H and O–H groups in total. The molecular weight excluding hydrogens is 351 g/mol. The number of hydrogen-bond donors (Lipinski definition) is 2. The fraction of sp³-hybridized carbons (Fsp3) is 0.100. The van der Waals surface area contributed by atoms with Crippen LogP contribution in [0.4, 0.5) is 15.9 Å². The Bertz CT molecular complexity index is 1010. The number of anilines is 1. The number of amidine groups is 1. The number of nitrogen functional groups attached to an aromatic ring is 1. The monoisotopic (exact) mass is 368 g/mol. The van der Waals surface area contributed by atoms with Crippen LogP contribution in [0.1, 0.15) is 16.7 Å². The SMILES string of the molecule is Cc1cc(-c2ccccc2Cl)nc(/N=C(\N)c2cc(F)ccc2N)c1C. The molecule has 3 rings (SSSR count). The smallest absolute Gasteiger partial charge is 0.158 e. The lowest BCUT2D eigenvalue weighted by Gasteiger charge is -2.11. The summed E-state index contributed by atoms with van der Waals surface area (Å²) >= 11 is 6.28. The number of rotatable bonds is 3. The van der Waals surface area contributed by atoms with E-state index >= 15 is 0 Å². The van der Waals surface area contributed by atoms with E-state index in [-0.39, 0.29) is 5.84 Å². The van der Waals surface area contributed by atoms with Gasteiger partial charge in [0.2, 0.25) is 0 Å². The van der Waals surface area contributed by atoms with E-state index in [1.807, 2.05) is 38.1 Å². The highest BCUT2D eigenvalue weighted by Crippen LogP contribution is 2.31. The summed E-state index contributed by atoms with van der Waals surface area (Å²) in [6.07, 6.45) is 0. The van der Waals surface area contributed by atoms with Crippen LogP contribution in [0.25, 0.3) is 11.3 Å². The summed E-state index contributed by atoms with van der Waals surface area (Å²) in [5.74, 6) is 0.118. The average molecular weight is 369 g/mol. The van der Waals surface area contributed by atoms with Crippen LogP contribution >= 0.6 is 11.6 Å². The summed E-state index contributed by atoms with van der Waals surface area (Å²) in [7, 11) is 0. The zero-order valence-corrected chi connectivity index (χ0v) is 15.2. The summed E-state index contributed by atoms with van der Waals surface area (Å²) in [6, 6.07) is 13.4. The third-order valence-electron chi connectivity index (χ3n) is 4.17. The lowest BCUT2D eigenvalue weighted by atomic mass is 10.1. The molecular formula is C20H18ClFN4. The molecule has 0 atom stereocenters. The Kier molecular flexibility index (Phi) is 4.91. The van der Waals surface area contributed by atoms with Crippen LogP contribution in [0.5, 0.6) is 0 Å². The fourth-order valence-corrected chi connectivity index (χ4v) is 2.79. The number of benzene rings is 2. The van der Waals surface area contributed by atoms with Gasteiger partial charge in [0.15, 0.2) is 5.82 Å². The zero-order chi connectivity index (χ0) is 18.8. The highest BCUT2D eigenvalue weighted by Gasteiger charge is 2.12. The van der Waals surface area contributed by atoms with Gasteiger partial charge in [0, 0.05) is 21.8 Å². The molecule has 0 aliphatic rings. The second-order valence-corrected chi connectivity index (χ2v) is 6.39. The number of halogens is 2. The van der Waals surface area contributed by atoms with E-state index in [2.05, 4.69) is 9.98 Å². The van der Waals surface area contributed by atoms with E-state index in [1.165, 1.54) is 18.2 Å². The highest BCUT2D eigenvalue weighted by atomic mass is 35.5. The molecule has 0 aliphatic heterocycles. The first-order valence-electron chi connectivity index (χ1n) is 7.99. The average Bonchev–Trinajstić information content (AvgIpc) is 2.61. The van der Waals surface area contributed by atoms with E-state index in [9.17, 15) is 4.39 Å². The number of aliphatic imine (C=N–C) groups is 1. The van der Waals surface area contributed by atoms with Gasteiger partial charge in [0.25, 0.3) is 0 Å². The maximum absolute atomic E-state index is 13.5. The van der Waals surface area contributed by atoms with Crippen molar-refractivity contribution in [1.82, 2.24) is 4.98 Å². The fourth-order valence-electron chi connectivity index (χ4n) is 2.56. The van der Waals surface area contributed by atoms with Crippen molar-refractivity contribution in [1.29, 1.82) is 0 Å². The van der Waals surface area contributed by atoms with Crippen molar-refractivity contribution in [2.45, 2.75) is 13.8 Å². The minimum atomic E-state index is -0.432. The van der Waals surface area contributed by atoms with Gasteiger partial charge in [0.05, 0.1) is 5.69 Å².